The Bertz CT molecular complexity index is 541. The van der Waals surface area contributed by atoms with Crippen LogP contribution >= 0.6 is 0 Å². The molecule has 0 aromatic carbocycles. The van der Waals surface area contributed by atoms with Gasteiger partial charge in [-0.3, -0.25) is 14.6 Å². The van der Waals surface area contributed by atoms with E-state index < -0.39 is 0 Å². The van der Waals surface area contributed by atoms with Gasteiger partial charge < -0.3 is 9.74 Å². The zero-order valence-electron chi connectivity index (χ0n) is 17.7. The third-order valence-corrected chi connectivity index (χ3v) is 7.28. The van der Waals surface area contributed by atoms with Crippen LogP contribution in [-0.2, 0) is 4.79 Å². The topological polar surface area (TPSA) is 31.2 Å². The first-order valence-electron chi connectivity index (χ1n) is 11.0. The Morgan fingerprint density at radius 2 is 1.70 bits per heavy atom. The van der Waals surface area contributed by atoms with Crippen molar-refractivity contribution in [2.24, 2.45) is 17.8 Å². The van der Waals surface area contributed by atoms with Crippen LogP contribution in [0.1, 0.15) is 53.4 Å². The summed E-state index contributed by atoms with van der Waals surface area (Å²) in [4.78, 5) is 23.6. The van der Waals surface area contributed by atoms with Crippen molar-refractivity contribution in [2.75, 3.05) is 39.3 Å². The van der Waals surface area contributed by atoms with E-state index in [0.717, 1.165) is 44.6 Å². The molecule has 0 spiro atoms. The van der Waals surface area contributed by atoms with E-state index in [1.165, 1.54) is 25.7 Å². The van der Waals surface area contributed by atoms with Crippen LogP contribution in [0.25, 0.3) is 4.85 Å². The Morgan fingerprint density at radius 3 is 2.26 bits per heavy atom. The summed E-state index contributed by atoms with van der Waals surface area (Å²) < 4.78 is 0. The van der Waals surface area contributed by atoms with E-state index in [2.05, 4.69) is 47.2 Å². The highest BCUT2D eigenvalue weighted by Gasteiger charge is 2.41. The van der Waals surface area contributed by atoms with Gasteiger partial charge in [-0.2, -0.15) is 0 Å². The van der Waals surface area contributed by atoms with Crippen LogP contribution in [0.15, 0.2) is 0 Å². The Hall–Kier alpha value is -1.12. The minimum Gasteiger partial charge on any atom is -0.339 e. The van der Waals surface area contributed by atoms with Gasteiger partial charge in [0.1, 0.15) is 6.04 Å². The Morgan fingerprint density at radius 1 is 1.04 bits per heavy atom. The molecule has 2 saturated heterocycles. The van der Waals surface area contributed by atoms with Crippen LogP contribution in [0.3, 0.4) is 0 Å². The summed E-state index contributed by atoms with van der Waals surface area (Å²) in [5.41, 5.74) is 0. The fraction of sp³-hybridized carbons (Fsp3) is 0.909. The molecule has 3 rings (SSSR count). The van der Waals surface area contributed by atoms with Crippen molar-refractivity contribution in [1.82, 2.24) is 14.7 Å². The smallest absolute Gasteiger partial charge is 0.231 e. The number of rotatable bonds is 5. The lowest BCUT2D eigenvalue weighted by Crippen LogP contribution is -2.63. The summed E-state index contributed by atoms with van der Waals surface area (Å²) >= 11 is 0. The normalized spacial score (nSPS) is 31.1. The third kappa shape index (κ3) is 4.66. The van der Waals surface area contributed by atoms with E-state index in [1.54, 1.807) is 0 Å². The average molecular weight is 375 g/mol. The molecule has 1 amide bonds. The van der Waals surface area contributed by atoms with E-state index in [-0.39, 0.29) is 12.0 Å². The fourth-order valence-electron chi connectivity index (χ4n) is 5.27. The zero-order chi connectivity index (χ0) is 19.6. The monoisotopic (exact) mass is 374 g/mol. The molecule has 0 aromatic rings. The molecule has 5 heteroatoms. The number of carbonyl (C=O) groups excluding carboxylic acids is 1. The van der Waals surface area contributed by atoms with Crippen molar-refractivity contribution < 1.29 is 4.79 Å². The second kappa shape index (κ2) is 8.92. The highest BCUT2D eigenvalue weighted by atomic mass is 16.2. The zero-order valence-corrected chi connectivity index (χ0v) is 17.7. The molecule has 0 aromatic heterocycles. The maximum atomic E-state index is 12.9. The van der Waals surface area contributed by atoms with Crippen LogP contribution < -0.4 is 0 Å². The fourth-order valence-corrected chi connectivity index (χ4v) is 5.27. The number of nitrogens with zero attached hydrogens (tertiary/aromatic N) is 4. The molecular weight excluding hydrogens is 336 g/mol. The average Bonchev–Trinajstić information content (AvgIpc) is 2.60. The molecular formula is C22H38N4O. The molecule has 1 saturated carbocycles. The van der Waals surface area contributed by atoms with Gasteiger partial charge in [-0.05, 0) is 51.4 Å². The summed E-state index contributed by atoms with van der Waals surface area (Å²) in [5.74, 6) is 2.15. The molecule has 3 fully saturated rings. The molecule has 1 atom stereocenters. The molecule has 5 nitrogen and oxygen atoms in total. The van der Waals surface area contributed by atoms with E-state index in [4.69, 9.17) is 6.57 Å². The number of amides is 1. The van der Waals surface area contributed by atoms with Gasteiger partial charge >= 0.3 is 0 Å². The van der Waals surface area contributed by atoms with Gasteiger partial charge in [0.15, 0.2) is 0 Å². The van der Waals surface area contributed by atoms with Crippen LogP contribution in [-0.4, -0.2) is 78.0 Å². The lowest BCUT2D eigenvalue weighted by atomic mass is 9.79. The van der Waals surface area contributed by atoms with Gasteiger partial charge in [-0.15, -0.1) is 0 Å². The second-order valence-electron chi connectivity index (χ2n) is 9.57. The molecule has 0 radical (unpaired) electrons. The predicted octanol–water partition coefficient (Wildman–Crippen LogP) is 2.97. The SMILES string of the molecule is [C-]#[N+]C[C@@H]1CN(C(=O)C2CN(C(C)C)C2)CCN1C1CCC(C(C)C)CC1. The number of carbonyl (C=O) groups is 1. The van der Waals surface area contributed by atoms with Gasteiger partial charge in [-0.25, -0.2) is 6.57 Å². The molecule has 2 aliphatic heterocycles. The first kappa shape index (κ1) is 20.6. The molecule has 2 heterocycles. The van der Waals surface area contributed by atoms with Gasteiger partial charge in [0.25, 0.3) is 0 Å². The van der Waals surface area contributed by atoms with Crippen LogP contribution in [0, 0.1) is 24.3 Å². The summed E-state index contributed by atoms with van der Waals surface area (Å²) in [6.45, 7) is 21.4. The van der Waals surface area contributed by atoms with Gasteiger partial charge in [0, 0.05) is 44.8 Å². The highest BCUT2D eigenvalue weighted by molar-refractivity contribution is 5.80. The number of hydrogen-bond donors (Lipinski definition) is 0. The van der Waals surface area contributed by atoms with E-state index >= 15 is 0 Å². The summed E-state index contributed by atoms with van der Waals surface area (Å²) in [6, 6.07) is 1.37. The molecule has 0 N–H and O–H groups in total. The van der Waals surface area contributed by atoms with E-state index in [9.17, 15) is 4.79 Å². The largest absolute Gasteiger partial charge is 0.339 e. The maximum absolute atomic E-state index is 12.9. The van der Waals surface area contributed by atoms with Crippen molar-refractivity contribution in [3.8, 4) is 0 Å². The molecule has 0 bridgehead atoms. The molecule has 27 heavy (non-hydrogen) atoms. The summed E-state index contributed by atoms with van der Waals surface area (Å²) in [6.07, 6.45) is 5.16. The Balaban J connectivity index is 1.54. The Labute approximate surface area is 165 Å². The maximum Gasteiger partial charge on any atom is 0.231 e. The molecule has 152 valence electrons. The Kier molecular flexibility index (Phi) is 6.81. The molecule has 0 unspecified atom stereocenters. The number of piperazine rings is 1. The molecule has 3 aliphatic rings. The van der Waals surface area contributed by atoms with Gasteiger partial charge in [-0.1, -0.05) is 13.8 Å². The van der Waals surface area contributed by atoms with Crippen molar-refractivity contribution >= 4 is 5.91 Å². The first-order chi connectivity index (χ1) is 12.9. The minimum atomic E-state index is 0.175. The minimum absolute atomic E-state index is 0.175. The van der Waals surface area contributed by atoms with E-state index in [1.807, 2.05) is 0 Å². The van der Waals surface area contributed by atoms with Crippen molar-refractivity contribution in [1.29, 1.82) is 0 Å². The van der Waals surface area contributed by atoms with Crippen LogP contribution in [0.5, 0.6) is 0 Å². The summed E-state index contributed by atoms with van der Waals surface area (Å²) in [5, 5.41) is 0. The van der Waals surface area contributed by atoms with E-state index in [0.29, 0.717) is 24.5 Å². The summed E-state index contributed by atoms with van der Waals surface area (Å²) in [7, 11) is 0. The predicted molar refractivity (Wildman–Crippen MR) is 109 cm³/mol. The molecule has 1 aliphatic carbocycles. The van der Waals surface area contributed by atoms with Crippen LogP contribution in [0.4, 0.5) is 0 Å². The quantitative estimate of drug-likeness (QED) is 0.693. The standard InChI is InChI=1S/C22H38N4O/c1-16(2)18-6-8-20(9-7-18)26-11-10-24(15-21(26)12-23-5)22(27)19-13-25(14-19)17(3)4/h16-21H,6-15H2,1-4H3/t18?,20?,21-/m1/s1. The number of likely N-dealkylation sites (tertiary alicyclic amines) is 1. The van der Waals surface area contributed by atoms with Crippen molar-refractivity contribution in [3.63, 3.8) is 0 Å². The van der Waals surface area contributed by atoms with Crippen LogP contribution in [0.2, 0.25) is 0 Å². The first-order valence-corrected chi connectivity index (χ1v) is 11.0. The second-order valence-corrected chi connectivity index (χ2v) is 9.57. The number of hydrogen-bond acceptors (Lipinski definition) is 3. The third-order valence-electron chi connectivity index (χ3n) is 7.28. The van der Waals surface area contributed by atoms with Gasteiger partial charge in [0.05, 0.1) is 5.92 Å². The lowest BCUT2D eigenvalue weighted by molar-refractivity contribution is -0.145. The van der Waals surface area contributed by atoms with Crippen molar-refractivity contribution in [3.05, 3.63) is 11.4 Å². The van der Waals surface area contributed by atoms with Gasteiger partial charge in [0.2, 0.25) is 12.5 Å². The highest BCUT2D eigenvalue weighted by Crippen LogP contribution is 2.34. The van der Waals surface area contributed by atoms with Crippen molar-refractivity contribution in [2.45, 2.75) is 71.5 Å². The lowest BCUT2D eigenvalue weighted by Gasteiger charge is -2.48.